The van der Waals surface area contributed by atoms with E-state index in [9.17, 15) is 13.2 Å². The Hall–Kier alpha value is -3.43. The Morgan fingerprint density at radius 3 is 2.62 bits per heavy atom. The second-order valence-electron chi connectivity index (χ2n) is 8.06. The molecule has 0 bridgehead atoms. The summed E-state index contributed by atoms with van der Waals surface area (Å²) in [5, 5.41) is 8.17. The number of nitrogens with zero attached hydrogens (tertiary/aromatic N) is 1. The van der Waals surface area contributed by atoms with Gasteiger partial charge in [0.15, 0.2) is 11.5 Å². The summed E-state index contributed by atoms with van der Waals surface area (Å²) >= 11 is 0. The van der Waals surface area contributed by atoms with Crippen molar-refractivity contribution < 1.29 is 27.0 Å². The van der Waals surface area contributed by atoms with Gasteiger partial charge in [0.1, 0.15) is 5.82 Å². The van der Waals surface area contributed by atoms with Crippen LogP contribution in [0.3, 0.4) is 0 Å². The molecule has 0 unspecified atom stereocenters. The van der Waals surface area contributed by atoms with Crippen LogP contribution in [0.1, 0.15) is 28.2 Å². The number of nitrogens with two attached hydrogens (primary N) is 1. The predicted octanol–water partition coefficient (Wildman–Crippen LogP) is 3.84. The van der Waals surface area contributed by atoms with Gasteiger partial charge in [-0.2, -0.15) is 0 Å². The van der Waals surface area contributed by atoms with E-state index in [1.807, 2.05) is 25.1 Å². The highest BCUT2D eigenvalue weighted by atomic mass is 32.2. The lowest BCUT2D eigenvalue weighted by molar-refractivity contribution is -0.118. The van der Waals surface area contributed by atoms with E-state index >= 15 is 0 Å². The van der Waals surface area contributed by atoms with Crippen molar-refractivity contribution in [1.82, 2.24) is 4.98 Å². The minimum atomic E-state index is -3.80. The highest BCUT2D eigenvalue weighted by Gasteiger charge is 2.51. The minimum absolute atomic E-state index is 0. The molecule has 0 atom stereocenters. The molecule has 2 aliphatic rings. The van der Waals surface area contributed by atoms with E-state index in [-0.39, 0.29) is 21.9 Å². The average molecular weight is 458 g/mol. The van der Waals surface area contributed by atoms with Gasteiger partial charge in [0.05, 0.1) is 10.3 Å². The molecule has 1 amide bonds. The number of benzene rings is 2. The minimum Gasteiger partial charge on any atom is -0.454 e. The van der Waals surface area contributed by atoms with Crippen LogP contribution in [0.15, 0.2) is 59.6 Å². The van der Waals surface area contributed by atoms with E-state index < -0.39 is 15.4 Å². The number of rotatable bonds is 5. The monoisotopic (exact) mass is 457 g/mol. The van der Waals surface area contributed by atoms with Crippen molar-refractivity contribution in [3.63, 3.8) is 0 Å². The van der Waals surface area contributed by atoms with Crippen molar-refractivity contribution in [2.75, 3.05) is 12.1 Å². The molecular weight excluding hydrogens is 430 g/mol. The molecule has 1 fully saturated rings. The number of pyridine rings is 1. The van der Waals surface area contributed by atoms with E-state index in [0.717, 1.165) is 29.5 Å². The van der Waals surface area contributed by atoms with Crippen molar-refractivity contribution in [3.8, 4) is 22.6 Å². The molecule has 170 valence electrons. The van der Waals surface area contributed by atoms with E-state index in [1.54, 1.807) is 24.4 Å². The van der Waals surface area contributed by atoms with Crippen LogP contribution in [0.25, 0.3) is 11.1 Å². The maximum absolute atomic E-state index is 13.1. The molecule has 1 aliphatic carbocycles. The van der Waals surface area contributed by atoms with Crippen molar-refractivity contribution >= 4 is 21.7 Å². The molecule has 1 aliphatic heterocycles. The number of carbonyl (C=O) groups is 1. The van der Waals surface area contributed by atoms with Crippen LogP contribution >= 0.6 is 0 Å². The van der Waals surface area contributed by atoms with Gasteiger partial charge >= 0.3 is 0 Å². The summed E-state index contributed by atoms with van der Waals surface area (Å²) in [6, 6.07) is 13.7. The first-order valence-corrected chi connectivity index (χ1v) is 11.6. The molecule has 32 heavy (non-hydrogen) atoms. The zero-order chi connectivity index (χ0) is 22.5. The second-order valence-corrected chi connectivity index (χ2v) is 9.62. The van der Waals surface area contributed by atoms with Crippen molar-refractivity contribution in [1.29, 1.82) is 0 Å². The highest BCUT2D eigenvalue weighted by Crippen LogP contribution is 2.51. The molecular formula is C23H27N3O5S. The standard InChI is InChI=1S/C23H21N3O5S.3H2/c1-14-9-21(25-12-18(14)15-3-2-4-17(10-15)32(24,28)29)26-22(27)23(7-8-23)16-5-6-19-20(11-16)31-13-30-19;;;/h2-6,9-12H,7-8,13H2,1H3,(H2,24,28,29)(H,25,26,27);3*1H. The molecule has 2 heterocycles. The molecule has 3 N–H and O–H groups in total. The molecule has 1 saturated carbocycles. The van der Waals surface area contributed by atoms with Gasteiger partial charge in [0, 0.05) is 16.0 Å². The Kier molecular flexibility index (Phi) is 4.68. The maximum Gasteiger partial charge on any atom is 0.238 e. The number of aryl methyl sites for hydroxylation is 1. The van der Waals surface area contributed by atoms with Gasteiger partial charge in [-0.15, -0.1) is 0 Å². The number of primary sulfonamides is 1. The summed E-state index contributed by atoms with van der Waals surface area (Å²) in [5.41, 5.74) is 2.57. The van der Waals surface area contributed by atoms with Crippen LogP contribution in [0.5, 0.6) is 11.5 Å². The van der Waals surface area contributed by atoms with Gasteiger partial charge in [-0.1, -0.05) is 18.2 Å². The lowest BCUT2D eigenvalue weighted by Gasteiger charge is -2.17. The summed E-state index contributed by atoms with van der Waals surface area (Å²) in [5.74, 6) is 1.66. The number of carbonyl (C=O) groups excluding carboxylic acids is 1. The number of aromatic nitrogens is 1. The van der Waals surface area contributed by atoms with Crippen LogP contribution in [-0.2, 0) is 20.2 Å². The summed E-state index contributed by atoms with van der Waals surface area (Å²) in [6.45, 7) is 2.06. The fraction of sp³-hybridized carbons (Fsp3) is 0.217. The van der Waals surface area contributed by atoms with E-state index in [2.05, 4.69) is 10.3 Å². The normalized spacial score (nSPS) is 15.9. The SMILES string of the molecule is Cc1cc(NC(=O)C2(c3ccc4c(c3)OCO4)CC2)ncc1-c1cccc(S(N)(=O)=O)c1.[HH].[HH].[HH]. The number of fused-ring (bicyclic) bond motifs is 1. The number of anilines is 1. The van der Waals surface area contributed by atoms with Crippen molar-refractivity contribution in [2.45, 2.75) is 30.1 Å². The topological polar surface area (TPSA) is 121 Å². The zero-order valence-corrected chi connectivity index (χ0v) is 18.1. The Morgan fingerprint density at radius 1 is 1.12 bits per heavy atom. The lowest BCUT2D eigenvalue weighted by atomic mass is 9.94. The van der Waals surface area contributed by atoms with Crippen molar-refractivity contribution in [3.05, 3.63) is 65.9 Å². The molecule has 2 aromatic carbocycles. The van der Waals surface area contributed by atoms with Crippen molar-refractivity contribution in [2.24, 2.45) is 5.14 Å². The number of amides is 1. The fourth-order valence-corrected chi connectivity index (χ4v) is 4.53. The second kappa shape index (κ2) is 7.32. The molecule has 3 aromatic rings. The van der Waals surface area contributed by atoms with Crippen LogP contribution < -0.4 is 19.9 Å². The lowest BCUT2D eigenvalue weighted by Crippen LogP contribution is -2.28. The molecule has 0 spiro atoms. The molecule has 1 aromatic heterocycles. The number of nitrogens with one attached hydrogen (secondary N) is 1. The van der Waals surface area contributed by atoms with E-state index in [0.29, 0.717) is 22.9 Å². The summed E-state index contributed by atoms with van der Waals surface area (Å²) in [4.78, 5) is 17.5. The largest absolute Gasteiger partial charge is 0.454 e. The summed E-state index contributed by atoms with van der Waals surface area (Å²) < 4.78 is 34.1. The smallest absolute Gasteiger partial charge is 0.238 e. The average Bonchev–Trinajstić information content (AvgIpc) is 3.44. The number of ether oxygens (including phenoxy) is 2. The Morgan fingerprint density at radius 2 is 1.91 bits per heavy atom. The number of hydrogen-bond acceptors (Lipinski definition) is 6. The van der Waals surface area contributed by atoms with Crippen LogP contribution in [-0.4, -0.2) is 26.1 Å². The molecule has 5 rings (SSSR count). The molecule has 8 nitrogen and oxygen atoms in total. The molecule has 0 radical (unpaired) electrons. The Labute approximate surface area is 189 Å². The van der Waals surface area contributed by atoms with Gasteiger partial charge in [-0.3, -0.25) is 4.79 Å². The third-order valence-corrected chi connectivity index (χ3v) is 6.85. The quantitative estimate of drug-likeness (QED) is 0.600. The van der Waals surface area contributed by atoms with E-state index in [1.165, 1.54) is 12.1 Å². The first kappa shape index (κ1) is 20.5. The van der Waals surface area contributed by atoms with Crippen LogP contribution in [0.4, 0.5) is 5.82 Å². The highest BCUT2D eigenvalue weighted by molar-refractivity contribution is 7.89. The first-order chi connectivity index (χ1) is 15.3. The third-order valence-electron chi connectivity index (χ3n) is 5.94. The van der Waals surface area contributed by atoms with Crippen LogP contribution in [0, 0.1) is 6.92 Å². The summed E-state index contributed by atoms with van der Waals surface area (Å²) in [7, 11) is -3.80. The number of sulfonamides is 1. The molecule has 0 saturated heterocycles. The Bertz CT molecular complexity index is 1360. The zero-order valence-electron chi connectivity index (χ0n) is 17.3. The Balaban J connectivity index is 0.00000144. The van der Waals surface area contributed by atoms with Gasteiger partial charge in [-0.05, 0) is 66.8 Å². The summed E-state index contributed by atoms with van der Waals surface area (Å²) in [6.07, 6.45) is 3.11. The van der Waals surface area contributed by atoms with Crippen LogP contribution in [0.2, 0.25) is 0 Å². The van der Waals surface area contributed by atoms with E-state index in [4.69, 9.17) is 14.6 Å². The van der Waals surface area contributed by atoms with Gasteiger partial charge in [0.25, 0.3) is 0 Å². The first-order valence-electron chi connectivity index (χ1n) is 10.1. The fourth-order valence-electron chi connectivity index (χ4n) is 3.97. The third kappa shape index (κ3) is 3.59. The van der Waals surface area contributed by atoms with Gasteiger partial charge in [0.2, 0.25) is 22.7 Å². The van der Waals surface area contributed by atoms with Gasteiger partial charge in [-0.25, -0.2) is 18.5 Å². The number of hydrogen-bond donors (Lipinski definition) is 2. The molecule has 9 heteroatoms. The maximum atomic E-state index is 13.1. The predicted molar refractivity (Wildman–Crippen MR) is 124 cm³/mol. The van der Waals surface area contributed by atoms with Gasteiger partial charge < -0.3 is 14.8 Å².